The number of aromatic amines is 1. The molecule has 0 radical (unpaired) electrons. The van der Waals surface area contributed by atoms with Crippen LogP contribution < -0.4 is 10.6 Å². The molecule has 0 bridgehead atoms. The third-order valence-electron chi connectivity index (χ3n) is 6.18. The van der Waals surface area contributed by atoms with Crippen LogP contribution in [0.5, 0.6) is 0 Å². The summed E-state index contributed by atoms with van der Waals surface area (Å²) < 4.78 is 0. The standard InChI is InChI=1S/C30H33N5S/c1-7-21(14-25(8-2)33-20(5)19(3)4)22-9-10-27(31-6)24(13-22)15-29-34-28-17-32-16-26(30(28)35-29)23-11-12-36-18-23/h7-14,16-19,31,33H,2,5,15H2,1,3-4,6H3,(H,34,35)/b21-7+,25-14+. The summed E-state index contributed by atoms with van der Waals surface area (Å²) >= 11 is 1.67. The minimum Gasteiger partial charge on any atom is -0.388 e. The summed E-state index contributed by atoms with van der Waals surface area (Å²) in [7, 11) is 1.95. The molecule has 3 N–H and O–H groups in total. The van der Waals surface area contributed by atoms with Crippen molar-refractivity contribution in [2.45, 2.75) is 27.2 Å². The van der Waals surface area contributed by atoms with Crippen molar-refractivity contribution >= 4 is 33.6 Å². The Bertz CT molecular complexity index is 1440. The number of H-pyrrole nitrogens is 1. The molecule has 0 aliphatic heterocycles. The zero-order valence-electron chi connectivity index (χ0n) is 21.4. The lowest BCUT2D eigenvalue weighted by Crippen LogP contribution is -2.14. The Morgan fingerprint density at radius 1 is 1.22 bits per heavy atom. The number of thiophene rings is 1. The summed E-state index contributed by atoms with van der Waals surface area (Å²) in [6, 6.07) is 8.58. The lowest BCUT2D eigenvalue weighted by atomic mass is 9.98. The van der Waals surface area contributed by atoms with Crippen LogP contribution >= 0.6 is 11.3 Å². The summed E-state index contributed by atoms with van der Waals surface area (Å²) in [5, 5.41) is 10.9. The van der Waals surface area contributed by atoms with Gasteiger partial charge in [0.25, 0.3) is 0 Å². The lowest BCUT2D eigenvalue weighted by molar-refractivity contribution is 0.710. The molecular formula is C30H33N5S. The number of anilines is 1. The first-order valence-corrected chi connectivity index (χ1v) is 13.0. The van der Waals surface area contributed by atoms with Crippen molar-refractivity contribution in [1.82, 2.24) is 20.3 Å². The number of benzene rings is 1. The van der Waals surface area contributed by atoms with Crippen LogP contribution in [0.2, 0.25) is 0 Å². The molecule has 4 aromatic rings. The third kappa shape index (κ3) is 5.50. The van der Waals surface area contributed by atoms with E-state index in [0.717, 1.165) is 61.8 Å². The molecule has 0 amide bonds. The second kappa shape index (κ2) is 11.2. The number of nitrogens with one attached hydrogen (secondary N) is 3. The number of hydrogen-bond donors (Lipinski definition) is 3. The highest BCUT2D eigenvalue weighted by Crippen LogP contribution is 2.30. The maximum atomic E-state index is 4.97. The molecule has 0 aliphatic carbocycles. The largest absolute Gasteiger partial charge is 0.388 e. The van der Waals surface area contributed by atoms with Crippen molar-refractivity contribution in [3.8, 4) is 11.1 Å². The summed E-state index contributed by atoms with van der Waals surface area (Å²) in [4.78, 5) is 12.9. The lowest BCUT2D eigenvalue weighted by Gasteiger charge is -2.15. The molecule has 184 valence electrons. The van der Waals surface area contributed by atoms with Gasteiger partial charge in [-0.3, -0.25) is 4.98 Å². The van der Waals surface area contributed by atoms with Gasteiger partial charge in [-0.25, -0.2) is 4.98 Å². The van der Waals surface area contributed by atoms with Crippen LogP contribution in [-0.2, 0) is 6.42 Å². The second-order valence-electron chi connectivity index (χ2n) is 8.93. The Morgan fingerprint density at radius 3 is 2.72 bits per heavy atom. The van der Waals surface area contributed by atoms with Crippen LogP contribution in [0.1, 0.15) is 37.7 Å². The Labute approximate surface area is 217 Å². The maximum Gasteiger partial charge on any atom is 0.111 e. The van der Waals surface area contributed by atoms with Crippen LogP contribution in [0.4, 0.5) is 5.69 Å². The fourth-order valence-corrected chi connectivity index (χ4v) is 4.67. The zero-order valence-corrected chi connectivity index (χ0v) is 22.2. The number of allylic oxidation sites excluding steroid dienone is 5. The molecule has 0 saturated heterocycles. The molecule has 0 unspecified atom stereocenters. The minimum atomic E-state index is 0.336. The molecule has 0 spiro atoms. The Hall–Kier alpha value is -3.90. The molecule has 3 heterocycles. The zero-order chi connectivity index (χ0) is 25.7. The molecule has 3 aromatic heterocycles. The summed E-state index contributed by atoms with van der Waals surface area (Å²) in [5.41, 5.74) is 10.4. The van der Waals surface area contributed by atoms with Gasteiger partial charge in [0.15, 0.2) is 0 Å². The summed E-state index contributed by atoms with van der Waals surface area (Å²) in [5.74, 6) is 1.24. The highest BCUT2D eigenvalue weighted by molar-refractivity contribution is 7.08. The van der Waals surface area contributed by atoms with Crippen LogP contribution in [0.15, 0.2) is 90.2 Å². The van der Waals surface area contributed by atoms with E-state index in [4.69, 9.17) is 4.98 Å². The quantitative estimate of drug-likeness (QED) is 0.199. The van der Waals surface area contributed by atoms with Gasteiger partial charge < -0.3 is 15.6 Å². The molecule has 0 atom stereocenters. The van der Waals surface area contributed by atoms with E-state index >= 15 is 0 Å². The van der Waals surface area contributed by atoms with E-state index in [1.54, 1.807) is 11.3 Å². The number of fused-ring (bicyclic) bond motifs is 1. The molecule has 5 nitrogen and oxygen atoms in total. The van der Waals surface area contributed by atoms with Crippen LogP contribution in [-0.4, -0.2) is 22.0 Å². The molecule has 6 heteroatoms. The molecule has 0 fully saturated rings. The van der Waals surface area contributed by atoms with Crippen molar-refractivity contribution in [2.75, 3.05) is 12.4 Å². The van der Waals surface area contributed by atoms with Crippen LogP contribution in [0, 0.1) is 5.92 Å². The number of nitrogens with zero attached hydrogens (tertiary/aromatic N) is 2. The number of hydrogen-bond acceptors (Lipinski definition) is 5. The number of aromatic nitrogens is 3. The molecule has 4 rings (SSSR count). The van der Waals surface area contributed by atoms with Gasteiger partial charge in [-0.1, -0.05) is 39.1 Å². The van der Waals surface area contributed by atoms with E-state index in [1.165, 1.54) is 0 Å². The SMILES string of the molecule is C=C/C(=C\C(=C/C)c1ccc(NC)c(Cc2nc3c(-c4ccsc4)cncc3[nH]2)c1)NC(=C)C(C)C. The van der Waals surface area contributed by atoms with E-state index in [9.17, 15) is 0 Å². The first-order valence-electron chi connectivity index (χ1n) is 12.1. The van der Waals surface area contributed by atoms with E-state index in [-0.39, 0.29) is 0 Å². The van der Waals surface area contributed by atoms with Crippen LogP contribution in [0.25, 0.3) is 27.7 Å². The van der Waals surface area contributed by atoms with E-state index < -0.39 is 0 Å². The monoisotopic (exact) mass is 495 g/mol. The Morgan fingerprint density at radius 2 is 2.06 bits per heavy atom. The summed E-state index contributed by atoms with van der Waals surface area (Å²) in [6.07, 6.45) is 10.4. The van der Waals surface area contributed by atoms with E-state index in [0.29, 0.717) is 12.3 Å². The van der Waals surface area contributed by atoms with Gasteiger partial charge in [0.05, 0.1) is 17.2 Å². The summed E-state index contributed by atoms with van der Waals surface area (Å²) in [6.45, 7) is 14.4. The number of pyridine rings is 1. The fourth-order valence-electron chi connectivity index (χ4n) is 4.02. The predicted octanol–water partition coefficient (Wildman–Crippen LogP) is 7.55. The maximum absolute atomic E-state index is 4.97. The topological polar surface area (TPSA) is 65.6 Å². The second-order valence-corrected chi connectivity index (χ2v) is 9.71. The van der Waals surface area contributed by atoms with Gasteiger partial charge in [0.2, 0.25) is 0 Å². The smallest absolute Gasteiger partial charge is 0.111 e. The first kappa shape index (κ1) is 25.2. The van der Waals surface area contributed by atoms with Gasteiger partial charge >= 0.3 is 0 Å². The molecule has 36 heavy (non-hydrogen) atoms. The predicted molar refractivity (Wildman–Crippen MR) is 155 cm³/mol. The fraction of sp³-hybridized carbons (Fsp3) is 0.200. The highest BCUT2D eigenvalue weighted by Gasteiger charge is 2.13. The Kier molecular flexibility index (Phi) is 7.86. The van der Waals surface area contributed by atoms with Crippen LogP contribution in [0.3, 0.4) is 0 Å². The molecule has 1 aromatic carbocycles. The number of imidazole rings is 1. The van der Waals surface area contributed by atoms with Gasteiger partial charge in [-0.05, 0) is 76.2 Å². The highest BCUT2D eigenvalue weighted by atomic mass is 32.1. The van der Waals surface area contributed by atoms with Gasteiger partial charge in [-0.2, -0.15) is 11.3 Å². The number of rotatable bonds is 10. The minimum absolute atomic E-state index is 0.336. The normalized spacial score (nSPS) is 12.2. The van der Waals surface area contributed by atoms with Crippen molar-refractivity contribution in [3.63, 3.8) is 0 Å². The van der Waals surface area contributed by atoms with Gasteiger partial charge in [-0.15, -0.1) is 0 Å². The molecular weight excluding hydrogens is 462 g/mol. The van der Waals surface area contributed by atoms with Gasteiger partial charge in [0, 0.05) is 42.3 Å². The van der Waals surface area contributed by atoms with Crippen molar-refractivity contribution in [1.29, 1.82) is 0 Å². The van der Waals surface area contributed by atoms with Crippen molar-refractivity contribution in [2.24, 2.45) is 5.92 Å². The van der Waals surface area contributed by atoms with Crippen molar-refractivity contribution in [3.05, 3.63) is 107 Å². The average Bonchev–Trinajstić information content (AvgIpc) is 3.56. The van der Waals surface area contributed by atoms with Gasteiger partial charge in [0.1, 0.15) is 5.82 Å². The Balaban J connectivity index is 1.67. The van der Waals surface area contributed by atoms with Crippen molar-refractivity contribution < 1.29 is 0 Å². The molecule has 0 saturated carbocycles. The molecule has 0 aliphatic rings. The first-order chi connectivity index (χ1) is 17.4. The third-order valence-corrected chi connectivity index (χ3v) is 6.87. The van der Waals surface area contributed by atoms with E-state index in [1.807, 2.05) is 32.4 Å². The van der Waals surface area contributed by atoms with E-state index in [2.05, 4.69) is 94.8 Å². The average molecular weight is 496 g/mol.